The van der Waals surface area contributed by atoms with E-state index in [-0.39, 0.29) is 0 Å². The average molecular weight is 210 g/mol. The molecular weight excluding hydrogens is 192 g/mol. The molecule has 0 saturated heterocycles. The molecule has 78 valence electrons. The van der Waals surface area contributed by atoms with Crippen LogP contribution in [0.5, 0.6) is 0 Å². The van der Waals surface area contributed by atoms with Gasteiger partial charge in [0.1, 0.15) is 5.82 Å². The largest absolute Gasteiger partial charge is 0.383 e. The standard InChI is InChI=1S/C11H18N2S/c1-2-3-4-8-14-9-10-6-5-7-13-11(10)12/h5-7H,2-4,8-9H2,1H3,(H2,12,13). The van der Waals surface area contributed by atoms with Gasteiger partial charge >= 0.3 is 0 Å². The molecule has 1 heterocycles. The number of nitrogens with two attached hydrogens (primary N) is 1. The Hall–Kier alpha value is -0.700. The lowest BCUT2D eigenvalue weighted by atomic mass is 10.3. The molecule has 14 heavy (non-hydrogen) atoms. The Kier molecular flexibility index (Phi) is 5.45. The number of nitrogen functional groups attached to an aromatic ring is 1. The van der Waals surface area contributed by atoms with E-state index in [1.54, 1.807) is 6.20 Å². The number of rotatable bonds is 6. The maximum atomic E-state index is 5.74. The van der Waals surface area contributed by atoms with Crippen molar-refractivity contribution in [3.63, 3.8) is 0 Å². The van der Waals surface area contributed by atoms with Gasteiger partial charge in [-0.25, -0.2) is 4.98 Å². The number of nitrogens with zero attached hydrogens (tertiary/aromatic N) is 1. The van der Waals surface area contributed by atoms with Gasteiger partial charge in [0.15, 0.2) is 0 Å². The zero-order chi connectivity index (χ0) is 10.2. The van der Waals surface area contributed by atoms with Crippen LogP contribution in [0.3, 0.4) is 0 Å². The van der Waals surface area contributed by atoms with E-state index in [2.05, 4.69) is 18.0 Å². The smallest absolute Gasteiger partial charge is 0.127 e. The lowest BCUT2D eigenvalue weighted by molar-refractivity contribution is 0.778. The number of aromatic nitrogens is 1. The highest BCUT2D eigenvalue weighted by Crippen LogP contribution is 2.17. The lowest BCUT2D eigenvalue weighted by Gasteiger charge is -2.03. The molecule has 0 bridgehead atoms. The highest BCUT2D eigenvalue weighted by Gasteiger charge is 1.98. The van der Waals surface area contributed by atoms with Gasteiger partial charge in [-0.1, -0.05) is 25.8 Å². The van der Waals surface area contributed by atoms with Gasteiger partial charge in [-0.3, -0.25) is 0 Å². The van der Waals surface area contributed by atoms with Crippen molar-refractivity contribution in [1.82, 2.24) is 4.98 Å². The number of anilines is 1. The van der Waals surface area contributed by atoms with Gasteiger partial charge < -0.3 is 5.73 Å². The quantitative estimate of drug-likeness (QED) is 0.733. The Bertz CT molecular complexity index is 263. The van der Waals surface area contributed by atoms with Gasteiger partial charge in [-0.05, 0) is 18.2 Å². The predicted octanol–water partition coefficient (Wildman–Crippen LogP) is 3.09. The maximum absolute atomic E-state index is 5.74. The van der Waals surface area contributed by atoms with Crippen molar-refractivity contribution in [3.8, 4) is 0 Å². The molecule has 1 aromatic heterocycles. The number of pyridine rings is 1. The van der Waals surface area contributed by atoms with Crippen molar-refractivity contribution in [3.05, 3.63) is 23.9 Å². The van der Waals surface area contributed by atoms with Gasteiger partial charge in [0, 0.05) is 17.5 Å². The zero-order valence-electron chi connectivity index (χ0n) is 8.70. The summed E-state index contributed by atoms with van der Waals surface area (Å²) in [6.45, 7) is 2.23. The van der Waals surface area contributed by atoms with E-state index in [0.717, 1.165) is 11.3 Å². The van der Waals surface area contributed by atoms with Crippen LogP contribution in [-0.4, -0.2) is 10.7 Å². The van der Waals surface area contributed by atoms with Crippen molar-refractivity contribution in [2.24, 2.45) is 0 Å². The molecule has 0 saturated carbocycles. The fraction of sp³-hybridized carbons (Fsp3) is 0.545. The Morgan fingerprint density at radius 3 is 3.00 bits per heavy atom. The molecule has 2 nitrogen and oxygen atoms in total. The molecule has 1 aromatic rings. The second-order valence-corrected chi connectivity index (χ2v) is 4.41. The molecule has 0 aliphatic heterocycles. The summed E-state index contributed by atoms with van der Waals surface area (Å²) in [6, 6.07) is 3.99. The third-order valence-corrected chi connectivity index (χ3v) is 3.17. The maximum Gasteiger partial charge on any atom is 0.127 e. The molecule has 0 aromatic carbocycles. The van der Waals surface area contributed by atoms with Crippen LogP contribution in [-0.2, 0) is 5.75 Å². The van der Waals surface area contributed by atoms with Gasteiger partial charge in [0.25, 0.3) is 0 Å². The molecule has 0 spiro atoms. The van der Waals surface area contributed by atoms with E-state index in [0.29, 0.717) is 5.82 Å². The van der Waals surface area contributed by atoms with Crippen LogP contribution in [0.25, 0.3) is 0 Å². The lowest BCUT2D eigenvalue weighted by Crippen LogP contribution is -1.95. The minimum Gasteiger partial charge on any atom is -0.383 e. The summed E-state index contributed by atoms with van der Waals surface area (Å²) >= 11 is 1.94. The first-order valence-electron chi connectivity index (χ1n) is 5.11. The molecule has 0 atom stereocenters. The van der Waals surface area contributed by atoms with E-state index in [1.807, 2.05) is 17.8 Å². The minimum atomic E-state index is 0.676. The molecule has 0 fully saturated rings. The first kappa shape index (κ1) is 11.4. The Balaban J connectivity index is 2.21. The third-order valence-electron chi connectivity index (χ3n) is 2.08. The summed E-state index contributed by atoms with van der Waals surface area (Å²) < 4.78 is 0. The van der Waals surface area contributed by atoms with Crippen LogP contribution < -0.4 is 5.73 Å². The van der Waals surface area contributed by atoms with Crippen molar-refractivity contribution in [2.45, 2.75) is 31.9 Å². The third kappa shape index (κ3) is 4.01. The van der Waals surface area contributed by atoms with Gasteiger partial charge in [0.2, 0.25) is 0 Å². The number of unbranched alkanes of at least 4 members (excludes halogenated alkanes) is 2. The van der Waals surface area contributed by atoms with Gasteiger partial charge in [-0.15, -0.1) is 0 Å². The van der Waals surface area contributed by atoms with Crippen LogP contribution in [0.15, 0.2) is 18.3 Å². The molecular formula is C11H18N2S. The SMILES string of the molecule is CCCCCSCc1cccnc1N. The fourth-order valence-electron chi connectivity index (χ4n) is 1.21. The van der Waals surface area contributed by atoms with Crippen molar-refractivity contribution in [2.75, 3.05) is 11.5 Å². The molecule has 3 heteroatoms. The summed E-state index contributed by atoms with van der Waals surface area (Å²) in [5, 5.41) is 0. The highest BCUT2D eigenvalue weighted by molar-refractivity contribution is 7.98. The van der Waals surface area contributed by atoms with Crippen LogP contribution in [0.1, 0.15) is 31.7 Å². The molecule has 0 aliphatic rings. The molecule has 0 amide bonds. The number of thioether (sulfide) groups is 1. The molecule has 2 N–H and O–H groups in total. The summed E-state index contributed by atoms with van der Waals surface area (Å²) in [4.78, 5) is 4.06. The summed E-state index contributed by atoms with van der Waals surface area (Å²) in [5.41, 5.74) is 6.90. The summed E-state index contributed by atoms with van der Waals surface area (Å²) in [5.74, 6) is 2.89. The van der Waals surface area contributed by atoms with Crippen molar-refractivity contribution < 1.29 is 0 Å². The normalized spacial score (nSPS) is 10.4. The van der Waals surface area contributed by atoms with Gasteiger partial charge in [-0.2, -0.15) is 11.8 Å². The fourth-order valence-corrected chi connectivity index (χ4v) is 2.23. The number of hydrogen-bond acceptors (Lipinski definition) is 3. The summed E-state index contributed by atoms with van der Waals surface area (Å²) in [6.07, 6.45) is 5.66. The Morgan fingerprint density at radius 1 is 1.43 bits per heavy atom. The van der Waals surface area contributed by atoms with Crippen LogP contribution in [0, 0.1) is 0 Å². The molecule has 1 rings (SSSR count). The van der Waals surface area contributed by atoms with Gasteiger partial charge in [0.05, 0.1) is 0 Å². The zero-order valence-corrected chi connectivity index (χ0v) is 9.52. The highest BCUT2D eigenvalue weighted by atomic mass is 32.2. The van der Waals surface area contributed by atoms with Crippen LogP contribution in [0.2, 0.25) is 0 Å². The average Bonchev–Trinajstić information content (AvgIpc) is 2.20. The van der Waals surface area contributed by atoms with E-state index in [9.17, 15) is 0 Å². The first-order valence-corrected chi connectivity index (χ1v) is 6.27. The Morgan fingerprint density at radius 2 is 2.29 bits per heavy atom. The first-order chi connectivity index (χ1) is 6.84. The van der Waals surface area contributed by atoms with E-state index < -0.39 is 0 Å². The second kappa shape index (κ2) is 6.71. The van der Waals surface area contributed by atoms with Crippen molar-refractivity contribution in [1.29, 1.82) is 0 Å². The summed E-state index contributed by atoms with van der Waals surface area (Å²) in [7, 11) is 0. The van der Waals surface area contributed by atoms with Crippen LogP contribution >= 0.6 is 11.8 Å². The minimum absolute atomic E-state index is 0.676. The van der Waals surface area contributed by atoms with Crippen LogP contribution in [0.4, 0.5) is 5.82 Å². The number of hydrogen-bond donors (Lipinski definition) is 1. The van der Waals surface area contributed by atoms with Crippen molar-refractivity contribution >= 4 is 17.6 Å². The van der Waals surface area contributed by atoms with E-state index >= 15 is 0 Å². The monoisotopic (exact) mass is 210 g/mol. The molecule has 0 aliphatic carbocycles. The Labute approximate surface area is 90.3 Å². The second-order valence-electron chi connectivity index (χ2n) is 3.31. The van der Waals surface area contributed by atoms with E-state index in [1.165, 1.54) is 25.0 Å². The molecule has 0 radical (unpaired) electrons. The molecule has 0 unspecified atom stereocenters. The van der Waals surface area contributed by atoms with E-state index in [4.69, 9.17) is 5.73 Å². The predicted molar refractivity (Wildman–Crippen MR) is 64.3 cm³/mol. The topological polar surface area (TPSA) is 38.9 Å².